The van der Waals surface area contributed by atoms with Crippen molar-refractivity contribution in [2.45, 2.75) is 37.9 Å². The van der Waals surface area contributed by atoms with Crippen molar-refractivity contribution in [1.82, 2.24) is 19.9 Å². The van der Waals surface area contributed by atoms with Crippen molar-refractivity contribution in [1.29, 1.82) is 0 Å². The third-order valence-electron chi connectivity index (χ3n) is 8.43. The van der Waals surface area contributed by atoms with Gasteiger partial charge in [0, 0.05) is 0 Å². The summed E-state index contributed by atoms with van der Waals surface area (Å²) in [4.78, 5) is 27.1. The van der Waals surface area contributed by atoms with Gasteiger partial charge < -0.3 is 19.1 Å². The molecule has 6 aromatic rings. The van der Waals surface area contributed by atoms with Crippen LogP contribution in [-0.2, 0) is 20.9 Å². The van der Waals surface area contributed by atoms with Crippen molar-refractivity contribution >= 4 is 11.8 Å². The van der Waals surface area contributed by atoms with Crippen LogP contribution in [0.1, 0.15) is 37.8 Å². The van der Waals surface area contributed by atoms with E-state index in [2.05, 4.69) is 103 Å². The predicted octanol–water partition coefficient (Wildman–Crippen LogP) is 8.34. The van der Waals surface area contributed by atoms with Gasteiger partial charge in [-0.15, -0.1) is 0 Å². The van der Waals surface area contributed by atoms with Gasteiger partial charge >= 0.3 is 0 Å². The molecule has 10 heteroatoms. The Bertz CT molecular complexity index is 1910. The van der Waals surface area contributed by atoms with E-state index in [1.54, 1.807) is 24.8 Å². The number of rotatable bonds is 6. The number of benzene rings is 4. The highest BCUT2D eigenvalue weighted by atomic mass is 16.7. The first-order valence-corrected chi connectivity index (χ1v) is 16.1. The van der Waals surface area contributed by atoms with Crippen LogP contribution in [0, 0.1) is 0 Å². The zero-order valence-corrected chi connectivity index (χ0v) is 27.6. The third kappa shape index (κ3) is 7.50. The van der Waals surface area contributed by atoms with E-state index < -0.39 is 11.2 Å². The Hall–Kier alpha value is -6.42. The minimum Gasteiger partial charge on any atom is -0.436 e. The molecule has 0 amide bonds. The van der Waals surface area contributed by atoms with Crippen LogP contribution in [0.2, 0.25) is 0 Å². The maximum atomic E-state index is 5.69. The molecular weight excluding hydrogens is 628 g/mol. The van der Waals surface area contributed by atoms with Crippen LogP contribution in [0.5, 0.6) is 11.5 Å². The summed E-state index contributed by atoms with van der Waals surface area (Å²) in [6.07, 6.45) is 10.4. The zero-order chi connectivity index (χ0) is 34.2. The molecule has 4 heterocycles. The molecule has 10 nitrogen and oxygen atoms in total. The van der Waals surface area contributed by atoms with Crippen molar-refractivity contribution in [2.75, 3.05) is 0 Å². The summed E-state index contributed by atoms with van der Waals surface area (Å²) >= 11 is 0. The first-order chi connectivity index (χ1) is 24.5. The van der Waals surface area contributed by atoms with Crippen LogP contribution in [-0.4, -0.2) is 31.7 Å². The summed E-state index contributed by atoms with van der Waals surface area (Å²) in [5.41, 5.74) is 5.75. The number of aromatic nitrogens is 4. The lowest BCUT2D eigenvalue weighted by Gasteiger charge is -2.21. The summed E-state index contributed by atoms with van der Waals surface area (Å²) in [6, 6.07) is 37.3. The Balaban J connectivity index is 0.000000157. The summed E-state index contributed by atoms with van der Waals surface area (Å²) in [5.74, 6) is 2.14. The number of hydrogen-bond donors (Lipinski definition) is 0. The Kier molecular flexibility index (Phi) is 9.24. The molecule has 4 aromatic carbocycles. The molecule has 0 aliphatic carbocycles. The topological polar surface area (TPSA) is 113 Å². The predicted molar refractivity (Wildman–Crippen MR) is 190 cm³/mol. The molecule has 0 radical (unpaired) electrons. The molecule has 0 saturated heterocycles. The average molecular weight is 663 g/mol. The molecule has 0 N–H and O–H groups in total. The normalized spacial score (nSPS) is 19.2. The van der Waals surface area contributed by atoms with Gasteiger partial charge in [-0.2, -0.15) is 0 Å². The van der Waals surface area contributed by atoms with Crippen LogP contribution in [0.3, 0.4) is 0 Å². The fourth-order valence-electron chi connectivity index (χ4n) is 5.67. The van der Waals surface area contributed by atoms with Crippen molar-refractivity contribution in [3.05, 3.63) is 158 Å². The summed E-state index contributed by atoms with van der Waals surface area (Å²) in [5, 5.41) is 8.16. The number of hydrogen-bond acceptors (Lipinski definition) is 10. The van der Waals surface area contributed by atoms with Crippen molar-refractivity contribution in [3.63, 3.8) is 0 Å². The molecule has 50 heavy (non-hydrogen) atoms. The highest BCUT2D eigenvalue weighted by molar-refractivity contribution is 5.81. The summed E-state index contributed by atoms with van der Waals surface area (Å²) in [7, 11) is 0. The van der Waals surface area contributed by atoms with Crippen molar-refractivity contribution in [3.8, 4) is 33.8 Å². The van der Waals surface area contributed by atoms with Gasteiger partial charge in [-0.1, -0.05) is 120 Å². The molecule has 248 valence electrons. The van der Waals surface area contributed by atoms with Crippen molar-refractivity contribution < 1.29 is 19.1 Å². The van der Waals surface area contributed by atoms with Crippen LogP contribution < -0.4 is 9.47 Å². The van der Waals surface area contributed by atoms with E-state index >= 15 is 0 Å². The Morgan fingerprint density at radius 2 is 0.800 bits per heavy atom. The van der Waals surface area contributed by atoms with E-state index in [0.717, 1.165) is 11.1 Å². The molecule has 2 aromatic heterocycles. The van der Waals surface area contributed by atoms with Gasteiger partial charge in [-0.3, -0.25) is 0 Å². The first-order valence-electron chi connectivity index (χ1n) is 16.1. The second-order valence-electron chi connectivity index (χ2n) is 12.2. The van der Waals surface area contributed by atoms with E-state index in [9.17, 15) is 0 Å². The minimum atomic E-state index is -0.541. The van der Waals surface area contributed by atoms with Gasteiger partial charge in [0.15, 0.2) is 22.7 Å². The smallest absolute Gasteiger partial charge is 0.235 e. The molecule has 0 unspecified atom stereocenters. The highest BCUT2D eigenvalue weighted by Gasteiger charge is 2.38. The highest BCUT2D eigenvalue weighted by Crippen LogP contribution is 2.37. The van der Waals surface area contributed by atoms with Gasteiger partial charge in [0.2, 0.25) is 11.8 Å². The van der Waals surface area contributed by atoms with E-state index in [4.69, 9.17) is 19.1 Å². The maximum Gasteiger partial charge on any atom is 0.235 e. The number of nitrogens with zero attached hydrogens (tertiary/aromatic N) is 6. The Morgan fingerprint density at radius 3 is 1.16 bits per heavy atom. The zero-order valence-electron chi connectivity index (χ0n) is 27.6. The lowest BCUT2D eigenvalue weighted by Crippen LogP contribution is -2.23. The molecule has 2 aliphatic heterocycles. The second kappa shape index (κ2) is 14.4. The molecule has 2 atom stereocenters. The molecule has 0 spiro atoms. The van der Waals surface area contributed by atoms with Gasteiger partial charge in [0.25, 0.3) is 0 Å². The molecule has 8 rings (SSSR count). The fraction of sp³-hybridized carbons (Fsp3) is 0.150. The quantitative estimate of drug-likeness (QED) is 0.175. The monoisotopic (exact) mass is 662 g/mol. The van der Waals surface area contributed by atoms with Gasteiger partial charge in [-0.05, 0) is 47.2 Å². The molecule has 2 aliphatic rings. The molecular formula is C40H34N6O4. The molecule has 0 bridgehead atoms. The average Bonchev–Trinajstić information content (AvgIpc) is 3.76. The Morgan fingerprint density at radius 1 is 0.460 bits per heavy atom. The van der Waals surface area contributed by atoms with E-state index in [0.29, 0.717) is 36.1 Å². The third-order valence-corrected chi connectivity index (χ3v) is 8.43. The van der Waals surface area contributed by atoms with E-state index in [1.807, 2.05) is 50.2 Å². The Labute approximate surface area is 290 Å². The van der Waals surface area contributed by atoms with Crippen LogP contribution in [0.4, 0.5) is 0 Å². The van der Waals surface area contributed by atoms with E-state index in [-0.39, 0.29) is 0 Å². The molecule has 0 saturated carbocycles. The first kappa shape index (κ1) is 32.1. The molecule has 0 fully saturated rings. The standard InChI is InChI=1S/2C20H17N3O2/c2*1-20(11-19(23-25-20)24-18-12-21-14-22-13-18)17-9-7-16(8-10-17)15-5-3-2-4-6-15/h2*2-10,12-14H,11H2,1H3/t2*20-/m10/s1. The fourth-order valence-corrected chi connectivity index (χ4v) is 5.67. The lowest BCUT2D eigenvalue weighted by molar-refractivity contribution is -0.00757. The van der Waals surface area contributed by atoms with Gasteiger partial charge in [0.1, 0.15) is 12.7 Å². The van der Waals surface area contributed by atoms with Crippen molar-refractivity contribution in [2.24, 2.45) is 10.3 Å². The van der Waals surface area contributed by atoms with Gasteiger partial charge in [0.05, 0.1) is 37.6 Å². The number of ether oxygens (including phenoxy) is 2. The summed E-state index contributed by atoms with van der Waals surface area (Å²) in [6.45, 7) is 4.01. The number of oxime groups is 2. The van der Waals surface area contributed by atoms with Crippen LogP contribution in [0.25, 0.3) is 22.3 Å². The maximum absolute atomic E-state index is 5.69. The van der Waals surface area contributed by atoms with E-state index in [1.165, 1.54) is 34.9 Å². The second-order valence-corrected chi connectivity index (χ2v) is 12.2. The lowest BCUT2D eigenvalue weighted by atomic mass is 9.91. The van der Waals surface area contributed by atoms with Crippen LogP contribution in [0.15, 0.2) is 157 Å². The largest absolute Gasteiger partial charge is 0.436 e. The SMILES string of the molecule is C[C@@]1(c2ccc(-c3ccccc3)cc2)CC(Oc2cncnc2)=NO1.C[C@]1(c2ccc(-c3ccccc3)cc2)CC(Oc2cncnc2)=NO1. The minimum absolute atomic E-state index is 0.518. The van der Waals surface area contributed by atoms with Crippen LogP contribution >= 0.6 is 0 Å². The van der Waals surface area contributed by atoms with Gasteiger partial charge in [-0.25, -0.2) is 19.9 Å². The summed E-state index contributed by atoms with van der Waals surface area (Å²) < 4.78 is 11.4.